The van der Waals surface area contributed by atoms with Crippen LogP contribution >= 0.6 is 12.4 Å². The first-order chi connectivity index (χ1) is 12.4. The number of carbonyl (C=O) groups is 1. The third-order valence-electron chi connectivity index (χ3n) is 5.68. The summed E-state index contributed by atoms with van der Waals surface area (Å²) >= 11 is 0. The minimum atomic E-state index is -0.899. The number of carbonyl (C=O) groups excluding carboxylic acids is 1. The van der Waals surface area contributed by atoms with Crippen LogP contribution in [0, 0.1) is 5.41 Å². The molecule has 0 spiro atoms. The second-order valence-corrected chi connectivity index (χ2v) is 7.50. The van der Waals surface area contributed by atoms with Crippen LogP contribution < -0.4 is 11.1 Å². The van der Waals surface area contributed by atoms with Crippen molar-refractivity contribution >= 4 is 18.3 Å². The van der Waals surface area contributed by atoms with Crippen LogP contribution in [0.15, 0.2) is 42.7 Å². The number of nitrogens with one attached hydrogen (secondary N) is 1. The minimum absolute atomic E-state index is 0. The Balaban J connectivity index is 0.00000261. The molecule has 1 saturated carbocycles. The van der Waals surface area contributed by atoms with Crippen LogP contribution in [0.25, 0.3) is 0 Å². The maximum absolute atomic E-state index is 12.8. The van der Waals surface area contributed by atoms with Crippen molar-refractivity contribution in [3.05, 3.63) is 53.9 Å². The second-order valence-electron chi connectivity index (χ2n) is 7.50. The van der Waals surface area contributed by atoms with Crippen LogP contribution in [0.4, 0.5) is 0 Å². The molecule has 0 saturated heterocycles. The molecule has 0 bridgehead atoms. The average Bonchev–Trinajstić information content (AvgIpc) is 3.13. The second kappa shape index (κ2) is 8.42. The number of nitrogens with two attached hydrogens (primary N) is 1. The first-order valence-electron chi connectivity index (χ1n) is 9.11. The molecule has 1 aromatic carbocycles. The fourth-order valence-electron chi connectivity index (χ4n) is 3.61. The molecule has 1 aliphatic rings. The van der Waals surface area contributed by atoms with Crippen LogP contribution in [0.2, 0.25) is 0 Å². The maximum Gasteiger partial charge on any atom is 0.241 e. The van der Waals surface area contributed by atoms with Gasteiger partial charge in [-0.25, -0.2) is 0 Å². The summed E-state index contributed by atoms with van der Waals surface area (Å²) in [4.78, 5) is 12.8. The molecule has 148 valence electrons. The molecule has 27 heavy (non-hydrogen) atoms. The van der Waals surface area contributed by atoms with Gasteiger partial charge in [0, 0.05) is 37.4 Å². The van der Waals surface area contributed by atoms with Crippen molar-refractivity contribution in [1.82, 2.24) is 15.1 Å². The van der Waals surface area contributed by atoms with Crippen molar-refractivity contribution in [1.29, 1.82) is 0 Å². The molecule has 3 N–H and O–H groups in total. The molecule has 1 aliphatic carbocycles. The Morgan fingerprint density at radius 3 is 2.63 bits per heavy atom. The lowest BCUT2D eigenvalue weighted by Crippen LogP contribution is -2.75. The van der Waals surface area contributed by atoms with Gasteiger partial charge in [-0.3, -0.25) is 9.48 Å². The summed E-state index contributed by atoms with van der Waals surface area (Å²) in [7, 11) is 0. The Morgan fingerprint density at radius 1 is 1.33 bits per heavy atom. The number of benzene rings is 1. The van der Waals surface area contributed by atoms with E-state index in [2.05, 4.69) is 16.5 Å². The number of amides is 1. The minimum Gasteiger partial charge on any atom is -0.378 e. The summed E-state index contributed by atoms with van der Waals surface area (Å²) in [6, 6.07) is 9.95. The van der Waals surface area contributed by atoms with Gasteiger partial charge in [0.1, 0.15) is 5.54 Å². The summed E-state index contributed by atoms with van der Waals surface area (Å²) in [5.41, 5.74) is 7.36. The lowest BCUT2D eigenvalue weighted by Gasteiger charge is -2.57. The molecule has 6 nitrogen and oxygen atoms in total. The highest BCUT2D eigenvalue weighted by Gasteiger charge is 2.62. The number of halogens is 1. The van der Waals surface area contributed by atoms with E-state index in [-0.39, 0.29) is 29.8 Å². The first kappa shape index (κ1) is 21.4. The number of hydrogen-bond donors (Lipinski definition) is 2. The molecule has 0 radical (unpaired) electrons. The normalized spacial score (nSPS) is 23.2. The number of ether oxygens (including phenoxy) is 1. The zero-order chi connectivity index (χ0) is 18.8. The molecular formula is C20H29ClN4O2. The lowest BCUT2D eigenvalue weighted by atomic mass is 9.54. The third kappa shape index (κ3) is 4.03. The third-order valence-corrected chi connectivity index (χ3v) is 5.68. The highest BCUT2D eigenvalue weighted by Crippen LogP contribution is 2.49. The van der Waals surface area contributed by atoms with E-state index in [9.17, 15) is 4.79 Å². The molecule has 2 atom stereocenters. The predicted molar refractivity (Wildman–Crippen MR) is 108 cm³/mol. The number of hydrogen-bond acceptors (Lipinski definition) is 4. The van der Waals surface area contributed by atoms with Crippen LogP contribution in [-0.4, -0.2) is 33.9 Å². The molecule has 1 aromatic heterocycles. The van der Waals surface area contributed by atoms with Crippen molar-refractivity contribution in [3.63, 3.8) is 0 Å². The van der Waals surface area contributed by atoms with Gasteiger partial charge >= 0.3 is 0 Å². The molecule has 1 amide bonds. The van der Waals surface area contributed by atoms with Gasteiger partial charge in [-0.15, -0.1) is 12.4 Å². The van der Waals surface area contributed by atoms with Gasteiger partial charge in [0.2, 0.25) is 5.91 Å². The standard InChI is InChI=1S/C20H28N4O2.ClH/c1-4-26-17-12-20(21,19(17,2)3)18(25)22-13-15-8-5-6-9-16(15)14-24-11-7-10-23-24;/h5-11,17H,4,12-14,21H2,1-3H3,(H,22,25);1H. The van der Waals surface area contributed by atoms with Crippen LogP contribution in [-0.2, 0) is 22.6 Å². The fraction of sp³-hybridized carbons (Fsp3) is 0.500. The van der Waals surface area contributed by atoms with Gasteiger partial charge in [0.25, 0.3) is 0 Å². The Hall–Kier alpha value is -1.89. The van der Waals surface area contributed by atoms with E-state index in [4.69, 9.17) is 10.5 Å². The average molecular weight is 393 g/mol. The summed E-state index contributed by atoms with van der Waals surface area (Å²) in [5, 5.41) is 7.28. The van der Waals surface area contributed by atoms with E-state index in [1.54, 1.807) is 6.20 Å². The van der Waals surface area contributed by atoms with E-state index in [1.165, 1.54) is 0 Å². The Bertz CT molecular complexity index is 763. The summed E-state index contributed by atoms with van der Waals surface area (Å²) < 4.78 is 7.58. The Kier molecular flexibility index (Phi) is 6.68. The SMILES string of the molecule is CCOC1CC(N)(C(=O)NCc2ccccc2Cn2cccn2)C1(C)C.Cl. The van der Waals surface area contributed by atoms with E-state index >= 15 is 0 Å². The molecule has 7 heteroatoms. The summed E-state index contributed by atoms with van der Waals surface area (Å²) in [5.74, 6) is -0.118. The molecule has 2 aromatic rings. The Labute approximate surface area is 166 Å². The van der Waals surface area contributed by atoms with Gasteiger partial charge in [-0.05, 0) is 24.1 Å². The lowest BCUT2D eigenvalue weighted by molar-refractivity contribution is -0.170. The van der Waals surface area contributed by atoms with Crippen molar-refractivity contribution in [3.8, 4) is 0 Å². The van der Waals surface area contributed by atoms with Crippen molar-refractivity contribution in [2.24, 2.45) is 11.1 Å². The van der Waals surface area contributed by atoms with Crippen molar-refractivity contribution < 1.29 is 9.53 Å². The highest BCUT2D eigenvalue weighted by molar-refractivity contribution is 5.88. The van der Waals surface area contributed by atoms with Gasteiger partial charge in [-0.1, -0.05) is 38.1 Å². The number of rotatable bonds is 7. The fourth-order valence-corrected chi connectivity index (χ4v) is 3.61. The number of nitrogens with zero attached hydrogens (tertiary/aromatic N) is 2. The van der Waals surface area contributed by atoms with Crippen molar-refractivity contribution in [2.45, 2.75) is 51.9 Å². The number of aromatic nitrogens is 2. The van der Waals surface area contributed by atoms with Gasteiger partial charge in [0.05, 0.1) is 12.6 Å². The smallest absolute Gasteiger partial charge is 0.241 e. The van der Waals surface area contributed by atoms with E-state index < -0.39 is 5.54 Å². The molecule has 2 unspecified atom stereocenters. The van der Waals surface area contributed by atoms with E-state index in [1.807, 2.05) is 55.9 Å². The highest BCUT2D eigenvalue weighted by atomic mass is 35.5. The molecule has 0 aliphatic heterocycles. The van der Waals surface area contributed by atoms with Crippen LogP contribution in [0.3, 0.4) is 0 Å². The van der Waals surface area contributed by atoms with E-state index in [0.29, 0.717) is 26.1 Å². The van der Waals surface area contributed by atoms with Crippen LogP contribution in [0.5, 0.6) is 0 Å². The largest absolute Gasteiger partial charge is 0.378 e. The molecule has 3 rings (SSSR count). The topological polar surface area (TPSA) is 82.2 Å². The summed E-state index contributed by atoms with van der Waals surface area (Å²) in [6.45, 7) is 7.72. The van der Waals surface area contributed by atoms with Gasteiger partial charge < -0.3 is 15.8 Å². The predicted octanol–water partition coefficient (Wildman–Crippen LogP) is 2.50. The molecule has 1 fully saturated rings. The zero-order valence-electron chi connectivity index (χ0n) is 16.1. The summed E-state index contributed by atoms with van der Waals surface area (Å²) in [6.07, 6.45) is 4.26. The van der Waals surface area contributed by atoms with Crippen LogP contribution in [0.1, 0.15) is 38.3 Å². The molecular weight excluding hydrogens is 364 g/mol. The van der Waals surface area contributed by atoms with Gasteiger partial charge in [0.15, 0.2) is 0 Å². The monoisotopic (exact) mass is 392 g/mol. The quantitative estimate of drug-likeness (QED) is 0.758. The zero-order valence-corrected chi connectivity index (χ0v) is 17.0. The van der Waals surface area contributed by atoms with E-state index in [0.717, 1.165) is 11.1 Å². The van der Waals surface area contributed by atoms with Crippen molar-refractivity contribution in [2.75, 3.05) is 6.61 Å². The first-order valence-corrected chi connectivity index (χ1v) is 9.11. The molecule has 1 heterocycles. The maximum atomic E-state index is 12.8. The van der Waals surface area contributed by atoms with Gasteiger partial charge in [-0.2, -0.15) is 5.10 Å². The Morgan fingerprint density at radius 2 is 2.04 bits per heavy atom.